The molecule has 2 aliphatic rings. The van der Waals surface area contributed by atoms with Gasteiger partial charge in [-0.15, -0.1) is 0 Å². The minimum absolute atomic E-state index is 0.603. The van der Waals surface area contributed by atoms with Crippen LogP contribution in [0.1, 0.15) is 32.5 Å². The molecule has 0 bridgehead atoms. The van der Waals surface area contributed by atoms with Gasteiger partial charge in [-0.3, -0.25) is 4.90 Å². The molecule has 1 aliphatic carbocycles. The third kappa shape index (κ3) is 2.31. The van der Waals surface area contributed by atoms with Gasteiger partial charge in [0.05, 0.1) is 6.54 Å². The van der Waals surface area contributed by atoms with E-state index < -0.39 is 0 Å². The van der Waals surface area contributed by atoms with Crippen molar-refractivity contribution in [2.75, 3.05) is 13.1 Å². The number of rotatable bonds is 4. The van der Waals surface area contributed by atoms with E-state index in [1.165, 1.54) is 31.8 Å². The van der Waals surface area contributed by atoms with Crippen molar-refractivity contribution in [1.82, 2.24) is 19.8 Å². The van der Waals surface area contributed by atoms with E-state index in [0.29, 0.717) is 6.04 Å². The van der Waals surface area contributed by atoms with E-state index >= 15 is 0 Å². The average Bonchev–Trinajstić information content (AvgIpc) is 2.74. The molecule has 0 radical (unpaired) electrons. The van der Waals surface area contributed by atoms with Crippen LogP contribution in [0.5, 0.6) is 0 Å². The van der Waals surface area contributed by atoms with Gasteiger partial charge in [-0.1, -0.05) is 13.8 Å². The maximum absolute atomic E-state index is 4.45. The van der Waals surface area contributed by atoms with Crippen LogP contribution >= 0.6 is 0 Å². The smallest absolute Gasteiger partial charge is 0.122 e. The second-order valence-electron chi connectivity index (χ2n) is 5.98. The van der Waals surface area contributed by atoms with Gasteiger partial charge in [0.25, 0.3) is 0 Å². The average molecular weight is 248 g/mol. The third-order valence-corrected chi connectivity index (χ3v) is 4.41. The van der Waals surface area contributed by atoms with Crippen molar-refractivity contribution in [3.63, 3.8) is 0 Å². The van der Waals surface area contributed by atoms with E-state index in [9.17, 15) is 0 Å². The molecule has 1 saturated carbocycles. The molecule has 1 aliphatic heterocycles. The number of imidazole rings is 1. The number of fused-ring (bicyclic) bond motifs is 1. The first-order valence-electron chi connectivity index (χ1n) is 7.21. The monoisotopic (exact) mass is 248 g/mol. The molecule has 2 atom stereocenters. The molecule has 4 heteroatoms. The molecule has 0 spiro atoms. The number of hydrogen-bond acceptors (Lipinski definition) is 3. The van der Waals surface area contributed by atoms with Gasteiger partial charge in [-0.05, 0) is 25.3 Å². The van der Waals surface area contributed by atoms with E-state index in [-0.39, 0.29) is 0 Å². The SMILES string of the molecule is CC(C)NCC1CCC1N1CCn2ccnc2C1. The maximum Gasteiger partial charge on any atom is 0.122 e. The fourth-order valence-corrected chi connectivity index (χ4v) is 3.13. The highest BCUT2D eigenvalue weighted by molar-refractivity contribution is 4.99. The summed E-state index contributed by atoms with van der Waals surface area (Å²) >= 11 is 0. The minimum atomic E-state index is 0.603. The summed E-state index contributed by atoms with van der Waals surface area (Å²) in [7, 11) is 0. The molecule has 3 rings (SSSR count). The molecule has 1 aromatic heterocycles. The number of hydrogen-bond donors (Lipinski definition) is 1. The molecule has 0 amide bonds. The summed E-state index contributed by atoms with van der Waals surface area (Å²) in [5.74, 6) is 2.08. The molecular formula is C14H24N4. The second-order valence-corrected chi connectivity index (χ2v) is 5.98. The number of aromatic nitrogens is 2. The molecule has 2 heterocycles. The molecule has 1 N–H and O–H groups in total. The Morgan fingerprint density at radius 3 is 3.00 bits per heavy atom. The highest BCUT2D eigenvalue weighted by Crippen LogP contribution is 2.33. The van der Waals surface area contributed by atoms with Crippen LogP contribution < -0.4 is 5.32 Å². The minimum Gasteiger partial charge on any atom is -0.333 e. The summed E-state index contributed by atoms with van der Waals surface area (Å²) in [4.78, 5) is 7.09. The van der Waals surface area contributed by atoms with Crippen LogP contribution in [-0.4, -0.2) is 39.6 Å². The van der Waals surface area contributed by atoms with Gasteiger partial charge in [-0.2, -0.15) is 0 Å². The Labute approximate surface area is 109 Å². The van der Waals surface area contributed by atoms with Crippen LogP contribution in [0.3, 0.4) is 0 Å². The summed E-state index contributed by atoms with van der Waals surface area (Å²) < 4.78 is 2.29. The number of nitrogens with one attached hydrogen (secondary N) is 1. The topological polar surface area (TPSA) is 33.1 Å². The van der Waals surface area contributed by atoms with Crippen LogP contribution in [0.4, 0.5) is 0 Å². The van der Waals surface area contributed by atoms with Crippen molar-refractivity contribution < 1.29 is 0 Å². The van der Waals surface area contributed by atoms with Gasteiger partial charge >= 0.3 is 0 Å². The van der Waals surface area contributed by atoms with E-state index in [2.05, 4.69) is 39.8 Å². The normalized spacial score (nSPS) is 28.2. The van der Waals surface area contributed by atoms with Crippen molar-refractivity contribution in [3.05, 3.63) is 18.2 Å². The summed E-state index contributed by atoms with van der Waals surface area (Å²) in [6.45, 7) is 8.96. The van der Waals surface area contributed by atoms with Crippen molar-refractivity contribution >= 4 is 0 Å². The fourth-order valence-electron chi connectivity index (χ4n) is 3.13. The van der Waals surface area contributed by atoms with Crippen LogP contribution in [0, 0.1) is 5.92 Å². The van der Waals surface area contributed by atoms with Gasteiger partial charge in [0.15, 0.2) is 0 Å². The summed E-state index contributed by atoms with van der Waals surface area (Å²) in [5.41, 5.74) is 0. The van der Waals surface area contributed by atoms with Crippen LogP contribution in [0.25, 0.3) is 0 Å². The largest absolute Gasteiger partial charge is 0.333 e. The quantitative estimate of drug-likeness (QED) is 0.876. The zero-order valence-corrected chi connectivity index (χ0v) is 11.5. The molecule has 18 heavy (non-hydrogen) atoms. The summed E-state index contributed by atoms with van der Waals surface area (Å²) in [6.07, 6.45) is 6.78. The molecule has 4 nitrogen and oxygen atoms in total. The zero-order chi connectivity index (χ0) is 12.5. The van der Waals surface area contributed by atoms with Crippen LogP contribution in [0.2, 0.25) is 0 Å². The van der Waals surface area contributed by atoms with E-state index in [1.54, 1.807) is 0 Å². The molecule has 0 aromatic carbocycles. The van der Waals surface area contributed by atoms with Gasteiger partial charge in [0.1, 0.15) is 5.82 Å². The Bertz CT molecular complexity index is 398. The predicted octanol–water partition coefficient (Wildman–Crippen LogP) is 1.48. The van der Waals surface area contributed by atoms with Gasteiger partial charge in [0, 0.05) is 37.6 Å². The van der Waals surface area contributed by atoms with Gasteiger partial charge in [0.2, 0.25) is 0 Å². The maximum atomic E-state index is 4.45. The summed E-state index contributed by atoms with van der Waals surface area (Å²) in [5, 5.41) is 3.58. The highest BCUT2D eigenvalue weighted by atomic mass is 15.3. The third-order valence-electron chi connectivity index (χ3n) is 4.41. The lowest BCUT2D eigenvalue weighted by Gasteiger charge is -2.46. The Morgan fingerprint density at radius 1 is 1.39 bits per heavy atom. The van der Waals surface area contributed by atoms with Crippen molar-refractivity contribution in [2.45, 2.75) is 51.9 Å². The fraction of sp³-hybridized carbons (Fsp3) is 0.786. The molecular weight excluding hydrogens is 224 g/mol. The van der Waals surface area contributed by atoms with Crippen LogP contribution in [0.15, 0.2) is 12.4 Å². The lowest BCUT2D eigenvalue weighted by molar-refractivity contribution is 0.0388. The Balaban J connectivity index is 1.56. The Hall–Kier alpha value is -0.870. The van der Waals surface area contributed by atoms with Crippen molar-refractivity contribution in [3.8, 4) is 0 Å². The highest BCUT2D eigenvalue weighted by Gasteiger charge is 2.36. The Morgan fingerprint density at radius 2 is 2.28 bits per heavy atom. The standard InChI is InChI=1S/C14H24N4/c1-11(2)16-9-12-3-4-13(12)18-8-7-17-6-5-15-14(17)10-18/h5-6,11-13,16H,3-4,7-10H2,1-2H3. The first kappa shape index (κ1) is 12.2. The molecule has 1 fully saturated rings. The van der Waals surface area contributed by atoms with E-state index in [4.69, 9.17) is 0 Å². The van der Waals surface area contributed by atoms with Gasteiger partial charge in [-0.25, -0.2) is 4.98 Å². The van der Waals surface area contributed by atoms with Crippen molar-refractivity contribution in [1.29, 1.82) is 0 Å². The van der Waals surface area contributed by atoms with Gasteiger partial charge < -0.3 is 9.88 Å². The predicted molar refractivity (Wildman–Crippen MR) is 72.3 cm³/mol. The van der Waals surface area contributed by atoms with Crippen molar-refractivity contribution in [2.24, 2.45) is 5.92 Å². The molecule has 2 unspecified atom stereocenters. The lowest BCUT2D eigenvalue weighted by atomic mass is 9.78. The Kier molecular flexibility index (Phi) is 3.39. The first-order valence-corrected chi connectivity index (χ1v) is 7.21. The van der Waals surface area contributed by atoms with E-state index in [0.717, 1.165) is 25.0 Å². The summed E-state index contributed by atoms with van der Waals surface area (Å²) in [6, 6.07) is 1.38. The zero-order valence-electron chi connectivity index (χ0n) is 11.5. The second kappa shape index (κ2) is 5.02. The first-order chi connectivity index (χ1) is 8.74. The molecule has 1 aromatic rings. The number of nitrogens with zero attached hydrogens (tertiary/aromatic N) is 3. The molecule has 100 valence electrons. The van der Waals surface area contributed by atoms with E-state index in [1.807, 2.05) is 6.20 Å². The molecule has 0 saturated heterocycles. The lowest BCUT2D eigenvalue weighted by Crippen LogP contribution is -2.53. The van der Waals surface area contributed by atoms with Crippen LogP contribution in [-0.2, 0) is 13.1 Å².